The number of hydrogen-bond acceptors (Lipinski definition) is 4. The number of ketones is 1. The molecule has 186 valence electrons. The smallest absolute Gasteiger partial charge is 0.358 e. The second kappa shape index (κ2) is 8.89. The number of hydrogen-bond donors (Lipinski definition) is 2. The monoisotopic (exact) mass is 499 g/mol. The Morgan fingerprint density at radius 1 is 1.14 bits per heavy atom. The molecule has 5 rings (SSSR count). The molecule has 0 unspecified atom stereocenters. The van der Waals surface area contributed by atoms with Gasteiger partial charge in [-0.2, -0.15) is 13.2 Å². The number of halogens is 4. The number of nitrogens with zero attached hydrogens (tertiary/aromatic N) is 3. The lowest BCUT2D eigenvalue weighted by Crippen LogP contribution is -2.36. The van der Waals surface area contributed by atoms with Crippen molar-refractivity contribution in [3.8, 4) is 11.5 Å². The van der Waals surface area contributed by atoms with Gasteiger partial charge in [0.25, 0.3) is 0 Å². The van der Waals surface area contributed by atoms with Crippen molar-refractivity contribution in [3.63, 3.8) is 0 Å². The van der Waals surface area contributed by atoms with Crippen LogP contribution in [0.2, 0.25) is 0 Å². The van der Waals surface area contributed by atoms with Crippen molar-refractivity contribution in [1.82, 2.24) is 24.8 Å². The number of imidazole rings is 1. The van der Waals surface area contributed by atoms with Gasteiger partial charge in [-0.15, -0.1) is 0 Å². The van der Waals surface area contributed by atoms with Gasteiger partial charge in [-0.25, -0.2) is 9.37 Å². The van der Waals surface area contributed by atoms with Gasteiger partial charge in [0.2, 0.25) is 5.91 Å². The van der Waals surface area contributed by atoms with Gasteiger partial charge in [0.1, 0.15) is 5.52 Å². The van der Waals surface area contributed by atoms with Crippen LogP contribution in [0.1, 0.15) is 52.9 Å². The summed E-state index contributed by atoms with van der Waals surface area (Å²) in [6.45, 7) is 2.75. The molecule has 0 spiro atoms. The van der Waals surface area contributed by atoms with Crippen molar-refractivity contribution in [2.45, 2.75) is 31.9 Å². The number of aromatic nitrogens is 4. The molecule has 1 saturated heterocycles. The number of aromatic amines is 2. The van der Waals surface area contributed by atoms with E-state index in [0.29, 0.717) is 24.3 Å². The van der Waals surface area contributed by atoms with E-state index < -0.39 is 29.0 Å². The molecule has 36 heavy (non-hydrogen) atoms. The number of fused-ring (bicyclic) bond motifs is 1. The highest BCUT2D eigenvalue weighted by Gasteiger charge is 2.37. The molecule has 0 atom stereocenters. The fourth-order valence-electron chi connectivity index (χ4n) is 4.62. The molecule has 0 radical (unpaired) electrons. The van der Waals surface area contributed by atoms with Crippen LogP contribution < -0.4 is 0 Å². The number of nitrogens with one attached hydrogen (secondary N) is 2. The maximum absolute atomic E-state index is 14.9. The van der Waals surface area contributed by atoms with Gasteiger partial charge in [0.05, 0.1) is 16.8 Å². The second-order valence-electron chi connectivity index (χ2n) is 8.79. The summed E-state index contributed by atoms with van der Waals surface area (Å²) < 4.78 is 54.8. The number of amides is 1. The number of pyridine rings is 1. The molecule has 1 amide bonds. The Morgan fingerprint density at radius 3 is 2.58 bits per heavy atom. The molecule has 1 fully saturated rings. The Kier molecular flexibility index (Phi) is 5.85. The van der Waals surface area contributed by atoms with Crippen molar-refractivity contribution >= 4 is 22.7 Å². The summed E-state index contributed by atoms with van der Waals surface area (Å²) in [7, 11) is 0. The highest BCUT2D eigenvalue weighted by molar-refractivity contribution is 6.10. The summed E-state index contributed by atoms with van der Waals surface area (Å²) in [5.41, 5.74) is -0.133. The number of benzene rings is 1. The lowest BCUT2D eigenvalue weighted by atomic mass is 9.89. The Morgan fingerprint density at radius 2 is 1.89 bits per heavy atom. The quantitative estimate of drug-likeness (QED) is 0.303. The molecule has 0 saturated carbocycles. The van der Waals surface area contributed by atoms with E-state index in [1.807, 2.05) is 6.07 Å². The van der Waals surface area contributed by atoms with Gasteiger partial charge in [0.15, 0.2) is 23.1 Å². The number of H-pyrrole nitrogens is 2. The molecule has 2 N–H and O–H groups in total. The molecule has 1 aliphatic rings. The Hall–Kier alpha value is -4.02. The molecule has 1 aliphatic heterocycles. The summed E-state index contributed by atoms with van der Waals surface area (Å²) in [5, 5.41) is 0. The average Bonchev–Trinajstić information content (AvgIpc) is 3.51. The zero-order valence-corrected chi connectivity index (χ0v) is 19.1. The van der Waals surface area contributed by atoms with Gasteiger partial charge in [0, 0.05) is 38.0 Å². The predicted molar refractivity (Wildman–Crippen MR) is 123 cm³/mol. The largest absolute Gasteiger partial charge is 0.434 e. The van der Waals surface area contributed by atoms with Crippen molar-refractivity contribution < 1.29 is 27.2 Å². The highest BCUT2D eigenvalue weighted by Crippen LogP contribution is 2.33. The van der Waals surface area contributed by atoms with Crippen molar-refractivity contribution in [3.05, 3.63) is 70.9 Å². The third kappa shape index (κ3) is 4.36. The predicted octanol–water partition coefficient (Wildman–Crippen LogP) is 5.07. The number of piperidine rings is 1. The maximum Gasteiger partial charge on any atom is 0.434 e. The van der Waals surface area contributed by atoms with E-state index in [1.165, 1.54) is 31.3 Å². The van der Waals surface area contributed by atoms with Crippen LogP contribution in [0.3, 0.4) is 0 Å². The Labute approximate surface area is 202 Å². The summed E-state index contributed by atoms with van der Waals surface area (Å²) in [4.78, 5) is 39.6. The van der Waals surface area contributed by atoms with Crippen molar-refractivity contribution in [2.75, 3.05) is 13.1 Å². The topological polar surface area (TPSA) is 94.7 Å². The van der Waals surface area contributed by atoms with Crippen LogP contribution in [0.4, 0.5) is 17.6 Å². The maximum atomic E-state index is 14.9. The molecule has 0 aliphatic carbocycles. The van der Waals surface area contributed by atoms with Crippen molar-refractivity contribution in [1.29, 1.82) is 0 Å². The summed E-state index contributed by atoms with van der Waals surface area (Å²) in [5.74, 6) is -0.987. The van der Waals surface area contributed by atoms with Gasteiger partial charge in [-0.1, -0.05) is 0 Å². The number of likely N-dealkylation sites (tertiary alicyclic amines) is 1. The van der Waals surface area contributed by atoms with E-state index >= 15 is 0 Å². The lowest BCUT2D eigenvalue weighted by Gasteiger charge is -2.31. The van der Waals surface area contributed by atoms with Crippen LogP contribution in [0.15, 0.2) is 42.7 Å². The van der Waals surface area contributed by atoms with Crippen LogP contribution >= 0.6 is 0 Å². The number of rotatable bonds is 4. The molecule has 1 aromatic carbocycles. The fraction of sp³-hybridized carbons (Fsp3) is 0.280. The minimum atomic E-state index is -4.78. The standard InChI is InChI=1S/C25H21F4N5O2/c1-13(35)34-7-4-14(5-8-34)15-9-18(26)21-19(10-15)32-24(33-21)20-11-16(12-31-20)22(36)17-3-2-6-30-23(17)25(27,28)29/h2-3,6,9-12,14,31H,4-5,7-8H2,1H3,(H,32,33). The lowest BCUT2D eigenvalue weighted by molar-refractivity contribution is -0.141. The number of carbonyl (C=O) groups excluding carboxylic acids is 2. The van der Waals surface area contributed by atoms with E-state index in [-0.39, 0.29) is 28.7 Å². The second-order valence-corrected chi connectivity index (χ2v) is 8.79. The van der Waals surface area contributed by atoms with Crippen LogP contribution in [-0.2, 0) is 11.0 Å². The average molecular weight is 499 g/mol. The van der Waals surface area contributed by atoms with E-state index in [0.717, 1.165) is 30.7 Å². The molecule has 7 nitrogen and oxygen atoms in total. The summed E-state index contributed by atoms with van der Waals surface area (Å²) in [6.07, 6.45) is -1.07. The third-order valence-electron chi connectivity index (χ3n) is 6.50. The van der Waals surface area contributed by atoms with Crippen LogP contribution in [-0.4, -0.2) is 49.6 Å². The van der Waals surface area contributed by atoms with E-state index in [9.17, 15) is 27.2 Å². The van der Waals surface area contributed by atoms with Crippen LogP contribution in [0, 0.1) is 5.82 Å². The minimum absolute atomic E-state index is 0.0117. The Balaban J connectivity index is 1.42. The fourth-order valence-corrected chi connectivity index (χ4v) is 4.62. The zero-order valence-electron chi connectivity index (χ0n) is 19.1. The number of alkyl halides is 3. The molecular weight excluding hydrogens is 478 g/mol. The first-order valence-electron chi connectivity index (χ1n) is 11.3. The normalized spacial score (nSPS) is 15.0. The summed E-state index contributed by atoms with van der Waals surface area (Å²) >= 11 is 0. The van der Waals surface area contributed by atoms with Gasteiger partial charge in [-0.3, -0.25) is 14.6 Å². The van der Waals surface area contributed by atoms with E-state index in [2.05, 4.69) is 19.9 Å². The molecule has 4 heterocycles. The van der Waals surface area contributed by atoms with Crippen LogP contribution in [0.25, 0.3) is 22.6 Å². The highest BCUT2D eigenvalue weighted by atomic mass is 19.4. The van der Waals surface area contributed by atoms with Gasteiger partial charge >= 0.3 is 6.18 Å². The van der Waals surface area contributed by atoms with E-state index in [4.69, 9.17) is 0 Å². The number of carbonyl (C=O) groups is 2. The van der Waals surface area contributed by atoms with Gasteiger partial charge in [-0.05, 0) is 54.7 Å². The van der Waals surface area contributed by atoms with E-state index in [1.54, 1.807) is 4.90 Å². The molecule has 4 aromatic rings. The van der Waals surface area contributed by atoms with Gasteiger partial charge < -0.3 is 14.9 Å². The SMILES string of the molecule is CC(=O)N1CCC(c2cc(F)c3nc(-c4cc(C(=O)c5cccnc5C(F)(F)F)c[nH]4)[nH]c3c2)CC1. The van der Waals surface area contributed by atoms with Crippen molar-refractivity contribution in [2.24, 2.45) is 0 Å². The zero-order chi connectivity index (χ0) is 25.6. The molecule has 0 bridgehead atoms. The third-order valence-corrected chi connectivity index (χ3v) is 6.50. The van der Waals surface area contributed by atoms with Crippen LogP contribution in [0.5, 0.6) is 0 Å². The Bertz CT molecular complexity index is 1460. The first-order chi connectivity index (χ1) is 17.1. The minimum Gasteiger partial charge on any atom is -0.358 e. The first kappa shape index (κ1) is 23.7. The molecular formula is C25H21F4N5O2. The first-order valence-corrected chi connectivity index (χ1v) is 11.3. The molecule has 11 heteroatoms. The molecule has 3 aromatic heterocycles. The summed E-state index contributed by atoms with van der Waals surface area (Å²) in [6, 6.07) is 6.97.